The van der Waals surface area contributed by atoms with Crippen LogP contribution < -0.4 is 5.73 Å². The maximum atomic E-state index is 6.31. The number of nitrogens with zero attached hydrogens (tertiary/aromatic N) is 2. The quantitative estimate of drug-likeness (QED) is 0.767. The second-order valence-corrected chi connectivity index (χ2v) is 6.89. The first kappa shape index (κ1) is 14.6. The Hall–Kier alpha value is -1.36. The number of thiophene rings is 1. The van der Waals surface area contributed by atoms with E-state index in [0.717, 1.165) is 38.9 Å². The van der Waals surface area contributed by atoms with Crippen molar-refractivity contribution in [3.63, 3.8) is 0 Å². The molecule has 0 saturated carbocycles. The fourth-order valence-corrected chi connectivity index (χ4v) is 3.62. The molecule has 3 aromatic rings. The van der Waals surface area contributed by atoms with Gasteiger partial charge in [-0.3, -0.25) is 0 Å². The van der Waals surface area contributed by atoms with Gasteiger partial charge in [-0.05, 0) is 35.1 Å². The third-order valence-corrected chi connectivity index (χ3v) is 4.75. The Balaban J connectivity index is 2.24. The number of nitrogens with two attached hydrogens (primary N) is 1. The molecule has 3 nitrogen and oxygen atoms in total. The maximum absolute atomic E-state index is 6.31. The van der Waals surface area contributed by atoms with Crippen molar-refractivity contribution in [1.82, 2.24) is 9.55 Å². The van der Waals surface area contributed by atoms with Crippen LogP contribution in [0.1, 0.15) is 19.4 Å². The molecule has 0 aliphatic heterocycles. The van der Waals surface area contributed by atoms with Gasteiger partial charge in [0.15, 0.2) is 5.82 Å². The van der Waals surface area contributed by atoms with Crippen molar-refractivity contribution in [2.24, 2.45) is 11.7 Å². The summed E-state index contributed by atoms with van der Waals surface area (Å²) < 4.78 is 2.26. The highest BCUT2D eigenvalue weighted by atomic mass is 35.5. The van der Waals surface area contributed by atoms with E-state index >= 15 is 0 Å². The van der Waals surface area contributed by atoms with Crippen LogP contribution in [-0.4, -0.2) is 9.55 Å². The highest BCUT2D eigenvalue weighted by molar-refractivity contribution is 7.14. The summed E-state index contributed by atoms with van der Waals surface area (Å²) in [5.74, 6) is 1.49. The van der Waals surface area contributed by atoms with Crippen molar-refractivity contribution in [3.05, 3.63) is 40.2 Å². The Morgan fingerprint density at radius 1 is 1.33 bits per heavy atom. The molecule has 110 valence electrons. The zero-order chi connectivity index (χ0) is 15.0. The molecular formula is C16H18ClN3S. The molecule has 0 amide bonds. The summed E-state index contributed by atoms with van der Waals surface area (Å²) >= 11 is 7.94. The van der Waals surface area contributed by atoms with Crippen LogP contribution in [0.15, 0.2) is 29.6 Å². The minimum Gasteiger partial charge on any atom is -0.326 e. The average molecular weight is 320 g/mol. The molecule has 0 aliphatic carbocycles. The van der Waals surface area contributed by atoms with E-state index in [9.17, 15) is 0 Å². The second kappa shape index (κ2) is 5.79. The van der Waals surface area contributed by atoms with E-state index in [1.165, 1.54) is 0 Å². The summed E-state index contributed by atoms with van der Waals surface area (Å²) in [5.41, 5.74) is 8.95. The molecule has 1 aromatic carbocycles. The van der Waals surface area contributed by atoms with E-state index in [0.29, 0.717) is 12.5 Å². The Morgan fingerprint density at radius 3 is 2.76 bits per heavy atom. The van der Waals surface area contributed by atoms with Crippen LogP contribution in [-0.2, 0) is 13.1 Å². The van der Waals surface area contributed by atoms with E-state index in [1.807, 2.05) is 11.4 Å². The molecule has 0 aliphatic rings. The van der Waals surface area contributed by atoms with Gasteiger partial charge in [0, 0.05) is 13.1 Å². The molecule has 0 spiro atoms. The topological polar surface area (TPSA) is 43.8 Å². The lowest BCUT2D eigenvalue weighted by molar-refractivity contribution is 0.537. The summed E-state index contributed by atoms with van der Waals surface area (Å²) in [5, 5.41) is 2.77. The second-order valence-electron chi connectivity index (χ2n) is 5.56. The molecule has 2 N–H and O–H groups in total. The molecule has 3 rings (SSSR count). The Bertz CT molecular complexity index is 773. The monoisotopic (exact) mass is 319 g/mol. The van der Waals surface area contributed by atoms with Gasteiger partial charge in [0.1, 0.15) is 0 Å². The number of aromatic nitrogens is 2. The molecule has 5 heteroatoms. The van der Waals surface area contributed by atoms with E-state index < -0.39 is 0 Å². The maximum Gasteiger partial charge on any atom is 0.152 e. The lowest BCUT2D eigenvalue weighted by Gasteiger charge is -2.11. The number of imidazole rings is 1. The highest BCUT2D eigenvalue weighted by Gasteiger charge is 2.17. The predicted molar refractivity (Wildman–Crippen MR) is 90.8 cm³/mol. The van der Waals surface area contributed by atoms with Crippen molar-refractivity contribution in [2.45, 2.75) is 26.9 Å². The van der Waals surface area contributed by atoms with Gasteiger partial charge in [0.2, 0.25) is 0 Å². The number of halogens is 1. The summed E-state index contributed by atoms with van der Waals surface area (Å²) in [6.07, 6.45) is 0. The van der Waals surface area contributed by atoms with Gasteiger partial charge in [-0.2, -0.15) is 0 Å². The number of benzene rings is 1. The first-order valence-electron chi connectivity index (χ1n) is 7.02. The van der Waals surface area contributed by atoms with E-state index in [4.69, 9.17) is 22.3 Å². The lowest BCUT2D eigenvalue weighted by Crippen LogP contribution is -2.06. The third kappa shape index (κ3) is 2.71. The Labute approximate surface area is 133 Å². The minimum atomic E-state index is 0.530. The van der Waals surface area contributed by atoms with Gasteiger partial charge in [0.05, 0.1) is 20.9 Å². The first-order chi connectivity index (χ1) is 10.1. The zero-order valence-electron chi connectivity index (χ0n) is 12.1. The van der Waals surface area contributed by atoms with Crippen LogP contribution >= 0.6 is 22.9 Å². The number of fused-ring (bicyclic) bond motifs is 1. The third-order valence-electron chi connectivity index (χ3n) is 3.42. The molecule has 0 fully saturated rings. The van der Waals surface area contributed by atoms with Gasteiger partial charge in [-0.15, -0.1) is 11.3 Å². The van der Waals surface area contributed by atoms with E-state index in [2.05, 4.69) is 36.6 Å². The van der Waals surface area contributed by atoms with E-state index in [-0.39, 0.29) is 0 Å². The van der Waals surface area contributed by atoms with Gasteiger partial charge in [-0.1, -0.05) is 31.5 Å². The van der Waals surface area contributed by atoms with Crippen molar-refractivity contribution in [2.75, 3.05) is 0 Å². The fraction of sp³-hybridized carbons (Fsp3) is 0.312. The van der Waals surface area contributed by atoms with Crippen molar-refractivity contribution < 1.29 is 0 Å². The smallest absolute Gasteiger partial charge is 0.152 e. The zero-order valence-corrected chi connectivity index (χ0v) is 13.7. The van der Waals surface area contributed by atoms with Crippen LogP contribution in [0, 0.1) is 5.92 Å². The molecule has 2 aromatic heterocycles. The minimum absolute atomic E-state index is 0.530. The van der Waals surface area contributed by atoms with Crippen molar-refractivity contribution in [3.8, 4) is 10.7 Å². The van der Waals surface area contributed by atoms with Crippen LogP contribution in [0.2, 0.25) is 5.02 Å². The largest absolute Gasteiger partial charge is 0.326 e. The SMILES string of the molecule is CC(C)Cn1c(-c2sccc2Cl)nc2cc(CN)ccc21. The Kier molecular flexibility index (Phi) is 4.02. The molecule has 0 atom stereocenters. The molecule has 0 radical (unpaired) electrons. The van der Waals surface area contributed by atoms with Crippen LogP contribution in [0.4, 0.5) is 0 Å². The van der Waals surface area contributed by atoms with Crippen LogP contribution in [0.25, 0.3) is 21.7 Å². The highest BCUT2D eigenvalue weighted by Crippen LogP contribution is 2.35. The van der Waals surface area contributed by atoms with Gasteiger partial charge in [-0.25, -0.2) is 4.98 Å². The fourth-order valence-electron chi connectivity index (χ4n) is 2.48. The van der Waals surface area contributed by atoms with Gasteiger partial charge >= 0.3 is 0 Å². The van der Waals surface area contributed by atoms with Crippen LogP contribution in [0.3, 0.4) is 0 Å². The molecule has 0 unspecified atom stereocenters. The average Bonchev–Trinajstić information content (AvgIpc) is 3.02. The number of hydrogen-bond donors (Lipinski definition) is 1. The Morgan fingerprint density at radius 2 is 2.14 bits per heavy atom. The number of hydrogen-bond acceptors (Lipinski definition) is 3. The van der Waals surface area contributed by atoms with Gasteiger partial charge < -0.3 is 10.3 Å². The predicted octanol–water partition coefficient (Wildman–Crippen LogP) is 4.53. The first-order valence-corrected chi connectivity index (χ1v) is 8.28. The van der Waals surface area contributed by atoms with E-state index in [1.54, 1.807) is 11.3 Å². The molecule has 0 bridgehead atoms. The lowest BCUT2D eigenvalue weighted by atomic mass is 10.2. The molecular weight excluding hydrogens is 302 g/mol. The van der Waals surface area contributed by atoms with Crippen molar-refractivity contribution in [1.29, 1.82) is 0 Å². The summed E-state index contributed by atoms with van der Waals surface area (Å²) in [6.45, 7) is 5.86. The van der Waals surface area contributed by atoms with Crippen molar-refractivity contribution >= 4 is 34.0 Å². The van der Waals surface area contributed by atoms with Gasteiger partial charge in [0.25, 0.3) is 0 Å². The standard InChI is InChI=1S/C16H18ClN3S/c1-10(2)9-20-14-4-3-11(8-18)7-13(14)19-16(20)15-12(17)5-6-21-15/h3-7,10H,8-9,18H2,1-2H3. The normalized spacial score (nSPS) is 11.7. The molecule has 21 heavy (non-hydrogen) atoms. The summed E-state index contributed by atoms with van der Waals surface area (Å²) in [7, 11) is 0. The molecule has 2 heterocycles. The summed E-state index contributed by atoms with van der Waals surface area (Å²) in [4.78, 5) is 5.84. The van der Waals surface area contributed by atoms with Crippen LogP contribution in [0.5, 0.6) is 0 Å². The molecule has 0 saturated heterocycles. The summed E-state index contributed by atoms with van der Waals surface area (Å²) in [6, 6.07) is 8.17. The number of rotatable bonds is 4.